The van der Waals surface area contributed by atoms with E-state index in [0.29, 0.717) is 10.6 Å². The van der Waals surface area contributed by atoms with E-state index < -0.39 is 22.7 Å². The SMILES string of the molecule is CCS(=O)(=O)S(=O)(Cc1ccccc1)(NC)C1=NC(C)(C)C(=S)N1. The van der Waals surface area contributed by atoms with Crippen LogP contribution in [-0.4, -0.2) is 41.1 Å². The van der Waals surface area contributed by atoms with Gasteiger partial charge in [-0.1, -0.05) is 49.5 Å². The van der Waals surface area contributed by atoms with Gasteiger partial charge >= 0.3 is 0 Å². The van der Waals surface area contributed by atoms with Crippen LogP contribution in [0.5, 0.6) is 0 Å². The second kappa shape index (κ2) is 5.98. The van der Waals surface area contributed by atoms with Crippen LogP contribution in [-0.2, 0) is 22.9 Å². The highest BCUT2D eigenvalue weighted by atomic mass is 33.2. The second-order valence-electron chi connectivity index (χ2n) is 6.14. The molecule has 2 rings (SSSR count). The molecule has 0 fully saturated rings. The average molecular weight is 390 g/mol. The molecule has 0 aliphatic carbocycles. The number of nitrogens with zero attached hydrogens (tertiary/aromatic N) is 1. The van der Waals surface area contributed by atoms with Gasteiger partial charge in [0.2, 0.25) is 8.87 Å². The first-order valence-corrected chi connectivity index (χ1v) is 12.2. The molecule has 0 unspecified atom stereocenters. The molecule has 1 aliphatic rings. The predicted octanol–water partition coefficient (Wildman–Crippen LogP) is 1.56. The van der Waals surface area contributed by atoms with Crippen molar-refractivity contribution in [1.29, 1.82) is 0 Å². The van der Waals surface area contributed by atoms with E-state index in [0.717, 1.165) is 0 Å². The largest absolute Gasteiger partial charge is 0.325 e. The molecule has 1 aromatic carbocycles. The van der Waals surface area contributed by atoms with Crippen molar-refractivity contribution in [1.82, 2.24) is 10.0 Å². The number of rotatable bonds is 5. The Hall–Kier alpha value is -1.16. The van der Waals surface area contributed by atoms with Gasteiger partial charge in [-0.05, 0) is 26.5 Å². The molecule has 0 saturated carbocycles. The summed E-state index contributed by atoms with van der Waals surface area (Å²) in [5.74, 6) is -0.477. The van der Waals surface area contributed by atoms with Crippen LogP contribution in [0.1, 0.15) is 26.3 Å². The van der Waals surface area contributed by atoms with E-state index in [9.17, 15) is 12.6 Å². The van der Waals surface area contributed by atoms with Gasteiger partial charge in [-0.3, -0.25) is 0 Å². The average Bonchev–Trinajstić information content (AvgIpc) is 2.82. The Morgan fingerprint density at radius 1 is 1.29 bits per heavy atom. The van der Waals surface area contributed by atoms with Crippen LogP contribution >= 0.6 is 12.2 Å². The van der Waals surface area contributed by atoms with Gasteiger partial charge in [0.1, 0.15) is 18.8 Å². The van der Waals surface area contributed by atoms with E-state index in [1.54, 1.807) is 38.1 Å². The second-order valence-corrected chi connectivity index (χ2v) is 15.0. The molecule has 0 aromatic heterocycles. The maximum Gasteiger partial charge on any atom is 0.226 e. The summed E-state index contributed by atoms with van der Waals surface area (Å²) in [5.41, 5.74) is -0.162. The van der Waals surface area contributed by atoms with E-state index in [1.807, 2.05) is 6.07 Å². The van der Waals surface area contributed by atoms with Crippen molar-refractivity contribution in [3.63, 3.8) is 0 Å². The van der Waals surface area contributed by atoms with E-state index >= 15 is 0 Å². The molecule has 24 heavy (non-hydrogen) atoms. The van der Waals surface area contributed by atoms with Crippen LogP contribution in [0, 0.1) is 0 Å². The van der Waals surface area contributed by atoms with Gasteiger partial charge in [0.15, 0.2) is 5.17 Å². The Labute approximate surface area is 148 Å². The third-order valence-electron chi connectivity index (χ3n) is 4.12. The molecule has 1 heterocycles. The molecule has 0 bridgehead atoms. The molecule has 0 amide bonds. The molecule has 0 atom stereocenters. The molecule has 134 valence electrons. The lowest BCUT2D eigenvalue weighted by atomic mass is 10.1. The van der Waals surface area contributed by atoms with E-state index in [1.165, 1.54) is 14.0 Å². The fourth-order valence-corrected chi connectivity index (χ4v) is 10.0. The molecular weight excluding hydrogens is 366 g/mol. The Morgan fingerprint density at radius 2 is 1.88 bits per heavy atom. The monoisotopic (exact) mass is 389 g/mol. The van der Waals surface area contributed by atoms with Crippen molar-refractivity contribution in [2.45, 2.75) is 32.1 Å². The number of amidine groups is 1. The van der Waals surface area contributed by atoms with Gasteiger partial charge < -0.3 is 5.32 Å². The molecule has 0 spiro atoms. The summed E-state index contributed by atoms with van der Waals surface area (Å²) < 4.78 is 42.9. The highest BCUT2D eigenvalue weighted by Gasteiger charge is 2.55. The number of hydrogen-bond donors (Lipinski definition) is 2. The maximum absolute atomic E-state index is 14.3. The van der Waals surface area contributed by atoms with Crippen LogP contribution in [0.2, 0.25) is 0 Å². The summed E-state index contributed by atoms with van der Waals surface area (Å²) in [6.07, 6.45) is 0. The van der Waals surface area contributed by atoms with Crippen LogP contribution in [0.15, 0.2) is 35.3 Å². The summed E-state index contributed by atoms with van der Waals surface area (Å²) >= 11 is 5.25. The summed E-state index contributed by atoms with van der Waals surface area (Å²) in [4.78, 5) is 4.74. The lowest BCUT2D eigenvalue weighted by Crippen LogP contribution is -2.62. The Kier molecular flexibility index (Phi) is 4.77. The fraction of sp³-hybridized carbons (Fsp3) is 0.467. The molecule has 6 nitrogen and oxygen atoms in total. The van der Waals surface area contributed by atoms with Gasteiger partial charge in [-0.15, -0.1) is 0 Å². The molecule has 0 saturated heterocycles. The zero-order chi connectivity index (χ0) is 18.3. The number of benzene rings is 1. The van der Waals surface area contributed by atoms with Crippen molar-refractivity contribution < 1.29 is 12.6 Å². The van der Waals surface area contributed by atoms with Gasteiger partial charge in [0.05, 0.1) is 11.5 Å². The minimum absolute atomic E-state index is 0.0878. The summed E-state index contributed by atoms with van der Waals surface area (Å²) in [5, 5.41) is 2.72. The third-order valence-corrected chi connectivity index (χ3v) is 14.4. The fourth-order valence-electron chi connectivity index (χ4n) is 2.48. The highest BCUT2D eigenvalue weighted by molar-refractivity contribution is 8.86. The molecule has 0 radical (unpaired) electrons. The molecular formula is C15H23N3O3S3. The van der Waals surface area contributed by atoms with Crippen molar-refractivity contribution in [3.8, 4) is 0 Å². The maximum atomic E-state index is 14.3. The molecule has 1 aromatic rings. The Bertz CT molecular complexity index is 860. The Balaban J connectivity index is 2.76. The quantitative estimate of drug-likeness (QED) is 0.589. The van der Waals surface area contributed by atoms with E-state index in [4.69, 9.17) is 12.2 Å². The van der Waals surface area contributed by atoms with Crippen molar-refractivity contribution in [3.05, 3.63) is 35.9 Å². The lowest BCUT2D eigenvalue weighted by molar-refractivity contribution is 0.601. The van der Waals surface area contributed by atoms with Crippen LogP contribution in [0.25, 0.3) is 0 Å². The van der Waals surface area contributed by atoms with Gasteiger partial charge in [0.25, 0.3) is 0 Å². The number of hydrogen-bond acceptors (Lipinski definition) is 5. The molecule has 2 N–H and O–H groups in total. The van der Waals surface area contributed by atoms with Crippen LogP contribution in [0.3, 0.4) is 0 Å². The van der Waals surface area contributed by atoms with Crippen LogP contribution < -0.4 is 10.0 Å². The van der Waals surface area contributed by atoms with Crippen molar-refractivity contribution >= 4 is 39.5 Å². The first kappa shape index (κ1) is 19.2. The van der Waals surface area contributed by atoms with Crippen molar-refractivity contribution in [2.24, 2.45) is 4.99 Å². The van der Waals surface area contributed by atoms with Crippen LogP contribution in [0.4, 0.5) is 0 Å². The Morgan fingerprint density at radius 3 is 2.29 bits per heavy atom. The third kappa shape index (κ3) is 2.73. The highest BCUT2D eigenvalue weighted by Crippen LogP contribution is 2.38. The van der Waals surface area contributed by atoms with Crippen molar-refractivity contribution in [2.75, 3.05) is 12.8 Å². The summed E-state index contributed by atoms with van der Waals surface area (Å²) in [7, 11) is -7.25. The predicted molar refractivity (Wildman–Crippen MR) is 104 cm³/mol. The van der Waals surface area contributed by atoms with E-state index in [-0.39, 0.29) is 16.7 Å². The first-order chi connectivity index (χ1) is 11.0. The molecule has 9 heteroatoms. The summed E-state index contributed by atoms with van der Waals surface area (Å²) in [6, 6.07) is 8.86. The molecule has 1 aliphatic heterocycles. The zero-order valence-corrected chi connectivity index (χ0v) is 16.6. The summed E-state index contributed by atoms with van der Waals surface area (Å²) in [6.45, 7) is 4.98. The number of thiocarbonyl (C=S) groups is 1. The van der Waals surface area contributed by atoms with E-state index in [2.05, 4.69) is 15.0 Å². The zero-order valence-electron chi connectivity index (χ0n) is 14.2. The standard InChI is InChI=1S/C15H23N3O3S3/c1-5-23(19,20)24(21,16-4,11-12-9-7-6-8-10-12)14-17-13(22)15(2,3)18-14/h6-10H,5,11H2,1-4H3,(H,16,21)(H,17,18,22). The van der Waals surface area contributed by atoms with Gasteiger partial charge in [-0.25, -0.2) is 22.3 Å². The number of aliphatic imine (C=N–C) groups is 1. The minimum Gasteiger partial charge on any atom is -0.325 e. The normalized spacial score (nSPS) is 19.2. The minimum atomic E-state index is -4.60. The number of nitrogens with one attached hydrogen (secondary N) is 2. The lowest BCUT2D eigenvalue weighted by Gasteiger charge is -2.40. The first-order valence-electron chi connectivity index (χ1n) is 7.52. The van der Waals surface area contributed by atoms with Gasteiger partial charge in [0, 0.05) is 0 Å². The van der Waals surface area contributed by atoms with Gasteiger partial charge in [-0.2, -0.15) is 0 Å². The smallest absolute Gasteiger partial charge is 0.226 e. The topological polar surface area (TPSA) is 87.6 Å².